The van der Waals surface area contributed by atoms with Gasteiger partial charge in [0.2, 0.25) is 11.8 Å². The number of aromatic amines is 3. The standard InChI is InChI=1S/2C25H24ClN7OS.C25H22F3N7OS.6H2/c1-16-12-22(32-31-16)28-21-15-23(33-10-3-11-33)30-25(29-21)35-20-8-6-19(7-9-20)27-24(34)14-17-4-2-5-18(26)13-17;1-16-13-22(32-31-16)28-21-15-23(33-11-4-12-33)30-25(29-21)35-19-9-7-18(8-10-19)27-24(34)14-17-5-2-3-6-20(17)26;1-15-13-21(34-33-15)30-20-14-22(35-11-4-12-35)32-24(31-20)37-17-9-7-16(8-10-17)29-23(36)18-5-2-3-6-19(18)25(26,27)28;;;;;;/h2,4-9,12-13,15H,3,10-11,14H2,1H3,(H,27,34)(H2,28,29,30,31,32);2-3,5-10,13,15H,4,11-12,14H2,1H3,(H,27,34)(H2,28,29,30,31,32);2-3,5-10,13-14H,4,11-12H2,1H3,(H,29,36)(H2,30,31,32,33,34);6*1H. The first-order valence-corrected chi connectivity index (χ1v) is 37.1. The Morgan fingerprint density at radius 2 is 0.841 bits per heavy atom. The van der Waals surface area contributed by atoms with Crippen molar-refractivity contribution in [1.82, 2.24) is 60.5 Å². The highest BCUT2D eigenvalue weighted by molar-refractivity contribution is 7.99. The van der Waals surface area contributed by atoms with Crippen molar-refractivity contribution >= 4 is 146 Å². The molecule has 6 aromatic carbocycles. The Kier molecular flexibility index (Phi) is 23.8. The first-order valence-electron chi connectivity index (χ1n) is 33.9. The van der Waals surface area contributed by atoms with Crippen LogP contribution < -0.4 is 46.6 Å². The van der Waals surface area contributed by atoms with Gasteiger partial charge in [-0.3, -0.25) is 29.7 Å². The summed E-state index contributed by atoms with van der Waals surface area (Å²) in [4.78, 5) is 74.8. The Bertz CT molecular complexity index is 5130. The SMILES string of the molecule is Cc1cc(Nc2cc(N3CCC3)nc(Sc3ccc(NC(=O)Cc4cccc(Cl)c4)cc3)n2)n[nH]1.Cc1cc(Nc2cc(N3CCC3)nc(Sc3ccc(NC(=O)Cc4ccccc4Cl)cc3)n2)n[nH]1.Cc1cc(Nc2cc(N3CCC3)nc(Sc3ccc(NC(=O)c4ccccc4C(F)(F)F)cc3)n2)n[nH]1.[HH].[HH].[HH].[HH].[HH].[HH]. The summed E-state index contributed by atoms with van der Waals surface area (Å²) in [6.07, 6.45) is -0.703. The number of nitrogens with one attached hydrogen (secondary N) is 9. The number of carbonyl (C=O) groups is 3. The number of carbonyl (C=O) groups excluding carboxylic acids is 3. The van der Waals surface area contributed by atoms with Gasteiger partial charge in [-0.25, -0.2) is 29.9 Å². The second-order valence-electron chi connectivity index (χ2n) is 24.9. The van der Waals surface area contributed by atoms with Crippen LogP contribution in [0, 0.1) is 20.8 Å². The van der Waals surface area contributed by atoms with Crippen LogP contribution in [0.1, 0.15) is 72.0 Å². The van der Waals surface area contributed by atoms with E-state index in [-0.39, 0.29) is 33.2 Å². The summed E-state index contributed by atoms with van der Waals surface area (Å²) < 4.78 is 39.8. The molecule has 0 spiro atoms. The maximum atomic E-state index is 13.3. The van der Waals surface area contributed by atoms with E-state index in [9.17, 15) is 27.6 Å². The van der Waals surface area contributed by atoms with Gasteiger partial charge >= 0.3 is 6.18 Å². The predicted molar refractivity (Wildman–Crippen MR) is 428 cm³/mol. The molecule has 0 unspecified atom stereocenters. The lowest BCUT2D eigenvalue weighted by molar-refractivity contribution is -0.138. The van der Waals surface area contributed by atoms with E-state index in [1.807, 2.05) is 136 Å². The molecule has 12 aromatic rings. The molecule has 15 rings (SSSR count). The van der Waals surface area contributed by atoms with Crippen LogP contribution in [0.3, 0.4) is 0 Å². The molecule has 558 valence electrons. The van der Waals surface area contributed by atoms with E-state index < -0.39 is 23.2 Å². The Morgan fingerprint density at radius 3 is 1.21 bits per heavy atom. The number of aryl methyl sites for hydroxylation is 3. The van der Waals surface area contributed by atoms with E-state index in [1.54, 1.807) is 42.5 Å². The van der Waals surface area contributed by atoms with E-state index in [0.29, 0.717) is 66.1 Å². The zero-order valence-electron chi connectivity index (χ0n) is 57.8. The number of nitrogens with zero attached hydrogens (tertiary/aromatic N) is 12. The highest BCUT2D eigenvalue weighted by Gasteiger charge is 2.35. The number of benzene rings is 6. The molecule has 0 atom stereocenters. The van der Waals surface area contributed by atoms with Crippen LogP contribution in [0.4, 0.5) is 82.6 Å². The molecule has 3 aliphatic rings. The van der Waals surface area contributed by atoms with Crippen LogP contribution in [-0.2, 0) is 28.6 Å². The third kappa shape index (κ3) is 20.9. The summed E-state index contributed by atoms with van der Waals surface area (Å²) >= 11 is 16.4. The fraction of sp³-hybridized carbons (Fsp3) is 0.200. The van der Waals surface area contributed by atoms with E-state index in [2.05, 4.69) is 97.1 Å². The van der Waals surface area contributed by atoms with Crippen molar-refractivity contribution in [2.45, 2.75) is 89.2 Å². The lowest BCUT2D eigenvalue weighted by Crippen LogP contribution is -2.37. The summed E-state index contributed by atoms with van der Waals surface area (Å²) in [6, 6.07) is 52.9. The number of halogens is 5. The smallest absolute Gasteiger partial charge is 0.356 e. The first kappa shape index (κ1) is 74.1. The Balaban J connectivity index is 0.000000229. The highest BCUT2D eigenvalue weighted by atomic mass is 35.5. The highest BCUT2D eigenvalue weighted by Crippen LogP contribution is 2.37. The largest absolute Gasteiger partial charge is 0.417 e. The molecule has 0 bridgehead atoms. The van der Waals surface area contributed by atoms with Gasteiger partial charge in [0, 0.05) is 143 Å². The number of rotatable bonds is 23. The molecule has 3 amide bonds. The average molecular weight is 1550 g/mol. The van der Waals surface area contributed by atoms with Gasteiger partial charge in [0.25, 0.3) is 5.91 Å². The van der Waals surface area contributed by atoms with Crippen LogP contribution in [0.5, 0.6) is 0 Å². The van der Waals surface area contributed by atoms with Crippen LogP contribution in [0.15, 0.2) is 212 Å². The number of aromatic nitrogens is 12. The summed E-state index contributed by atoms with van der Waals surface area (Å²) in [6.45, 7) is 11.6. The minimum absolute atomic E-state index is 0. The zero-order chi connectivity index (χ0) is 74.4. The Labute approximate surface area is 645 Å². The first-order chi connectivity index (χ1) is 51.8. The monoisotopic (exact) mass is 1550 g/mol. The van der Waals surface area contributed by atoms with Gasteiger partial charge in [-0.15, -0.1) is 0 Å². The van der Waals surface area contributed by atoms with Gasteiger partial charge in [0.1, 0.15) is 34.9 Å². The van der Waals surface area contributed by atoms with Crippen molar-refractivity contribution in [3.63, 3.8) is 0 Å². The van der Waals surface area contributed by atoms with Crippen molar-refractivity contribution in [1.29, 1.82) is 0 Å². The minimum Gasteiger partial charge on any atom is -0.356 e. The van der Waals surface area contributed by atoms with Gasteiger partial charge in [-0.2, -0.15) is 28.5 Å². The number of alkyl halides is 3. The van der Waals surface area contributed by atoms with Crippen molar-refractivity contribution in [2.24, 2.45) is 0 Å². The average Bonchev–Trinajstić information content (AvgIpc) is 1.28. The molecular weight excluding hydrogens is 1470 g/mol. The third-order valence-corrected chi connectivity index (χ3v) is 19.8. The summed E-state index contributed by atoms with van der Waals surface area (Å²) in [5, 5.41) is 42.5. The van der Waals surface area contributed by atoms with Crippen molar-refractivity contribution in [3.05, 3.63) is 231 Å². The van der Waals surface area contributed by atoms with E-state index in [0.717, 1.165) is 142 Å². The minimum atomic E-state index is -4.62. The molecule has 107 heavy (non-hydrogen) atoms. The lowest BCUT2D eigenvalue weighted by Gasteiger charge is -2.32. The molecule has 9 N–H and O–H groups in total. The van der Waals surface area contributed by atoms with Crippen LogP contribution in [-0.4, -0.2) is 117 Å². The van der Waals surface area contributed by atoms with Gasteiger partial charge in [-0.05, 0) is 190 Å². The van der Waals surface area contributed by atoms with Crippen molar-refractivity contribution < 1.29 is 36.1 Å². The third-order valence-electron chi connectivity index (χ3n) is 16.6. The molecule has 0 radical (unpaired) electrons. The second kappa shape index (κ2) is 34.4. The normalized spacial score (nSPS) is 13.0. The van der Waals surface area contributed by atoms with Gasteiger partial charge in [-0.1, -0.05) is 65.7 Å². The fourth-order valence-electron chi connectivity index (χ4n) is 10.8. The quantitative estimate of drug-likeness (QED) is 0.0269. The number of hydrogen-bond donors (Lipinski definition) is 9. The Morgan fingerprint density at radius 1 is 0.449 bits per heavy atom. The number of anilines is 12. The van der Waals surface area contributed by atoms with Gasteiger partial charge in [0.05, 0.1) is 24.0 Å². The van der Waals surface area contributed by atoms with Gasteiger partial charge < -0.3 is 46.6 Å². The van der Waals surface area contributed by atoms with Crippen LogP contribution in [0.25, 0.3) is 0 Å². The maximum absolute atomic E-state index is 13.3. The van der Waals surface area contributed by atoms with Crippen molar-refractivity contribution in [2.75, 3.05) is 85.9 Å². The predicted octanol–water partition coefficient (Wildman–Crippen LogP) is 18.3. The molecule has 0 aliphatic carbocycles. The molecule has 0 saturated carbocycles. The molecule has 6 aromatic heterocycles. The van der Waals surface area contributed by atoms with E-state index in [4.69, 9.17) is 33.2 Å². The topological polar surface area (TPSA) is 296 Å². The van der Waals surface area contributed by atoms with E-state index >= 15 is 0 Å². The lowest BCUT2D eigenvalue weighted by atomic mass is 10.1. The molecule has 24 nitrogen and oxygen atoms in total. The number of H-pyrrole nitrogens is 3. The summed E-state index contributed by atoms with van der Waals surface area (Å²) in [5.74, 6) is 5.63. The number of hydrogen-bond acceptors (Lipinski definition) is 21. The molecule has 32 heteroatoms. The molecular formula is C75H82Cl2F3N21O3S3. The Hall–Kier alpha value is -11.2. The van der Waals surface area contributed by atoms with Gasteiger partial charge in [0.15, 0.2) is 32.9 Å². The van der Waals surface area contributed by atoms with Crippen molar-refractivity contribution in [3.8, 4) is 0 Å². The zero-order valence-corrected chi connectivity index (χ0v) is 61.8. The molecule has 9 heterocycles. The second-order valence-corrected chi connectivity index (χ2v) is 28.9. The number of amides is 3. The summed E-state index contributed by atoms with van der Waals surface area (Å²) in [7, 11) is 0. The summed E-state index contributed by atoms with van der Waals surface area (Å²) in [5.41, 5.74) is 4.94. The maximum Gasteiger partial charge on any atom is 0.417 e. The van der Waals surface area contributed by atoms with Crippen LogP contribution >= 0.6 is 58.5 Å². The molecule has 3 aliphatic heterocycles. The molecule has 3 saturated heterocycles. The molecule has 3 fully saturated rings. The van der Waals surface area contributed by atoms with Crippen LogP contribution in [0.2, 0.25) is 10.0 Å². The fourth-order valence-corrected chi connectivity index (χ4v) is 13.6. The van der Waals surface area contributed by atoms with E-state index in [1.165, 1.54) is 47.4 Å².